The molecule has 0 radical (unpaired) electrons. The zero-order valence-electron chi connectivity index (χ0n) is 14.9. The molecular weight excluding hydrogens is 432 g/mol. The number of amides is 6. The number of nitrogens with one attached hydrogen (secondary N) is 2. The van der Waals surface area contributed by atoms with Crippen molar-refractivity contribution in [2.24, 2.45) is 0 Å². The van der Waals surface area contributed by atoms with Crippen LogP contribution in [0.1, 0.15) is 25.7 Å². The van der Waals surface area contributed by atoms with Gasteiger partial charge < -0.3 is 10.6 Å². The molecule has 1 aliphatic carbocycles. The first-order chi connectivity index (χ1) is 13.4. The zero-order valence-corrected chi connectivity index (χ0v) is 16.5. The quantitative estimate of drug-likeness (QED) is 0.499. The first-order valence-electron chi connectivity index (χ1n) is 8.88. The van der Waals surface area contributed by atoms with Crippen LogP contribution in [0.3, 0.4) is 0 Å². The van der Waals surface area contributed by atoms with Crippen LogP contribution in [0, 0.1) is 0 Å². The third kappa shape index (κ3) is 4.22. The van der Waals surface area contributed by atoms with Crippen molar-refractivity contribution >= 4 is 51.3 Å². The highest BCUT2D eigenvalue weighted by atomic mass is 79.9. The molecule has 0 aromatic heterocycles. The summed E-state index contributed by atoms with van der Waals surface area (Å²) in [6, 6.07) is 5.93. The van der Waals surface area contributed by atoms with E-state index in [1.54, 1.807) is 24.3 Å². The van der Waals surface area contributed by atoms with Gasteiger partial charge in [0.1, 0.15) is 6.54 Å². The molecule has 6 amide bonds. The Morgan fingerprint density at radius 2 is 1.71 bits per heavy atom. The van der Waals surface area contributed by atoms with E-state index >= 15 is 0 Å². The third-order valence-electron chi connectivity index (χ3n) is 4.67. The van der Waals surface area contributed by atoms with Gasteiger partial charge in [-0.2, -0.15) is 0 Å². The Kier molecular flexibility index (Phi) is 6.08. The van der Waals surface area contributed by atoms with Crippen LogP contribution in [-0.2, 0) is 19.2 Å². The summed E-state index contributed by atoms with van der Waals surface area (Å²) in [5.74, 6) is -3.07. The molecule has 9 nitrogen and oxygen atoms in total. The van der Waals surface area contributed by atoms with E-state index in [9.17, 15) is 24.0 Å². The highest BCUT2D eigenvalue weighted by Crippen LogP contribution is 2.27. The average Bonchev–Trinajstić information content (AvgIpc) is 3.25. The number of halogens is 1. The lowest BCUT2D eigenvalue weighted by Crippen LogP contribution is -2.44. The lowest BCUT2D eigenvalue weighted by molar-refractivity contribution is -0.144. The number of anilines is 1. The Bertz CT molecular complexity index is 837. The van der Waals surface area contributed by atoms with Crippen molar-refractivity contribution in [1.82, 2.24) is 15.1 Å². The molecule has 1 saturated heterocycles. The maximum Gasteiger partial charge on any atom is 0.334 e. The number of benzene rings is 1. The van der Waals surface area contributed by atoms with Gasteiger partial charge in [0.15, 0.2) is 0 Å². The number of urea groups is 1. The number of nitrogens with zero attached hydrogens (tertiary/aromatic N) is 2. The van der Waals surface area contributed by atoms with Gasteiger partial charge in [-0.15, -0.1) is 0 Å². The number of rotatable bonds is 6. The van der Waals surface area contributed by atoms with E-state index < -0.39 is 36.2 Å². The van der Waals surface area contributed by atoms with Crippen LogP contribution < -0.4 is 10.6 Å². The van der Waals surface area contributed by atoms with E-state index in [2.05, 4.69) is 26.6 Å². The predicted octanol–water partition coefficient (Wildman–Crippen LogP) is 1.24. The van der Waals surface area contributed by atoms with Gasteiger partial charge in [-0.05, 0) is 40.9 Å². The first kappa shape index (κ1) is 20.0. The fourth-order valence-electron chi connectivity index (χ4n) is 3.28. The second kappa shape index (κ2) is 8.51. The summed E-state index contributed by atoms with van der Waals surface area (Å²) in [4.78, 5) is 62.2. The molecule has 28 heavy (non-hydrogen) atoms. The minimum atomic E-state index is -1.01. The van der Waals surface area contributed by atoms with Gasteiger partial charge in [0.2, 0.25) is 11.8 Å². The first-order valence-corrected chi connectivity index (χ1v) is 9.68. The van der Waals surface area contributed by atoms with Gasteiger partial charge in [0, 0.05) is 10.5 Å². The normalized spacial score (nSPS) is 17.4. The molecule has 1 aromatic carbocycles. The van der Waals surface area contributed by atoms with Crippen LogP contribution in [0.15, 0.2) is 28.7 Å². The number of hydrogen-bond acceptors (Lipinski definition) is 5. The van der Waals surface area contributed by atoms with Crippen LogP contribution in [0.5, 0.6) is 0 Å². The van der Waals surface area contributed by atoms with Crippen molar-refractivity contribution < 1.29 is 24.0 Å². The zero-order chi connectivity index (χ0) is 20.3. The number of carbonyl (C=O) groups is 5. The molecule has 148 valence electrons. The summed E-state index contributed by atoms with van der Waals surface area (Å²) in [7, 11) is 0. The van der Waals surface area contributed by atoms with Crippen molar-refractivity contribution in [2.75, 3.05) is 18.4 Å². The van der Waals surface area contributed by atoms with Crippen LogP contribution in [0.25, 0.3) is 0 Å². The summed E-state index contributed by atoms with van der Waals surface area (Å²) < 4.78 is 0.688. The van der Waals surface area contributed by atoms with E-state index in [4.69, 9.17) is 0 Å². The molecule has 1 aliphatic heterocycles. The maximum absolute atomic E-state index is 12.4. The van der Waals surface area contributed by atoms with Gasteiger partial charge in [-0.25, -0.2) is 9.69 Å². The summed E-state index contributed by atoms with van der Waals surface area (Å²) in [6.07, 6.45) is 3.12. The van der Waals surface area contributed by atoms with Crippen molar-refractivity contribution in [2.45, 2.75) is 31.7 Å². The summed E-state index contributed by atoms with van der Waals surface area (Å²) in [5.41, 5.74) is 0.546. The highest BCUT2D eigenvalue weighted by molar-refractivity contribution is 9.10. The largest absolute Gasteiger partial charge is 0.345 e. The van der Waals surface area contributed by atoms with Crippen molar-refractivity contribution in [3.8, 4) is 0 Å². The summed E-state index contributed by atoms with van der Waals surface area (Å²) >= 11 is 3.30. The molecule has 0 unspecified atom stereocenters. The Balaban J connectivity index is 1.52. The minimum absolute atomic E-state index is 0.285. The lowest BCUT2D eigenvalue weighted by Gasteiger charge is -2.20. The third-order valence-corrected chi connectivity index (χ3v) is 5.36. The van der Waals surface area contributed by atoms with Crippen LogP contribution in [-0.4, -0.2) is 58.6 Å². The molecule has 1 aromatic rings. The number of imide groups is 2. The van der Waals surface area contributed by atoms with Gasteiger partial charge in [0.05, 0.1) is 12.2 Å². The molecule has 1 heterocycles. The second-order valence-corrected chi connectivity index (χ2v) is 7.45. The van der Waals surface area contributed by atoms with Crippen molar-refractivity contribution in [3.05, 3.63) is 28.7 Å². The fraction of sp³-hybridized carbons (Fsp3) is 0.389. The Morgan fingerprint density at radius 3 is 2.39 bits per heavy atom. The maximum atomic E-state index is 12.4. The SMILES string of the molecule is O=C(CN1C(=O)C(=O)N(C2CCCC2)C1=O)NCC(=O)Nc1ccccc1Br. The molecule has 2 fully saturated rings. The Labute approximate surface area is 169 Å². The lowest BCUT2D eigenvalue weighted by atomic mass is 10.2. The number of para-hydroxylation sites is 1. The highest BCUT2D eigenvalue weighted by Gasteiger charge is 2.48. The standard InChI is InChI=1S/C18H19BrN4O5/c19-12-7-3-4-8-13(12)21-14(24)9-20-15(25)10-22-16(26)17(27)23(18(22)28)11-5-1-2-6-11/h3-4,7-8,11H,1-2,5-6,9-10H2,(H,20,25)(H,21,24). The number of carbonyl (C=O) groups excluding carboxylic acids is 5. The van der Waals surface area contributed by atoms with Crippen molar-refractivity contribution in [1.29, 1.82) is 0 Å². The summed E-state index contributed by atoms with van der Waals surface area (Å²) in [6.45, 7) is -0.939. The Morgan fingerprint density at radius 1 is 1.04 bits per heavy atom. The van der Waals surface area contributed by atoms with Gasteiger partial charge in [0.25, 0.3) is 0 Å². The van der Waals surface area contributed by atoms with Gasteiger partial charge in [-0.1, -0.05) is 25.0 Å². The molecule has 2 aliphatic rings. The van der Waals surface area contributed by atoms with Crippen LogP contribution in [0.2, 0.25) is 0 Å². The molecule has 1 saturated carbocycles. The molecule has 0 bridgehead atoms. The van der Waals surface area contributed by atoms with E-state index in [1.165, 1.54) is 0 Å². The molecule has 2 N–H and O–H groups in total. The van der Waals surface area contributed by atoms with Crippen LogP contribution >= 0.6 is 15.9 Å². The van der Waals surface area contributed by atoms with Gasteiger partial charge >= 0.3 is 17.8 Å². The second-order valence-electron chi connectivity index (χ2n) is 6.59. The molecule has 10 heteroatoms. The molecule has 3 rings (SSSR count). The topological polar surface area (TPSA) is 116 Å². The smallest absolute Gasteiger partial charge is 0.334 e. The monoisotopic (exact) mass is 450 g/mol. The fourth-order valence-corrected chi connectivity index (χ4v) is 3.67. The Hall–Kier alpha value is -2.75. The molecular formula is C18H19BrN4O5. The van der Waals surface area contributed by atoms with E-state index in [-0.39, 0.29) is 12.6 Å². The molecule has 0 atom stereocenters. The van der Waals surface area contributed by atoms with E-state index in [0.717, 1.165) is 17.7 Å². The van der Waals surface area contributed by atoms with E-state index in [1.807, 2.05) is 0 Å². The van der Waals surface area contributed by atoms with Crippen molar-refractivity contribution in [3.63, 3.8) is 0 Å². The minimum Gasteiger partial charge on any atom is -0.345 e. The van der Waals surface area contributed by atoms with Gasteiger partial charge in [-0.3, -0.25) is 24.1 Å². The average molecular weight is 451 g/mol. The number of hydrogen-bond donors (Lipinski definition) is 2. The molecule has 0 spiro atoms. The van der Waals surface area contributed by atoms with Crippen LogP contribution in [0.4, 0.5) is 10.5 Å². The summed E-state index contributed by atoms with van der Waals surface area (Å²) in [5, 5.41) is 4.96. The predicted molar refractivity (Wildman–Crippen MR) is 102 cm³/mol. The van der Waals surface area contributed by atoms with E-state index in [0.29, 0.717) is 27.9 Å².